The van der Waals surface area contributed by atoms with Crippen molar-refractivity contribution in [3.8, 4) is 11.1 Å². The number of benzene rings is 5. The maximum atomic E-state index is 14.3. The Labute approximate surface area is 285 Å². The first-order chi connectivity index (χ1) is 23.8. The number of amides is 1. The van der Waals surface area contributed by atoms with Crippen molar-refractivity contribution in [3.63, 3.8) is 0 Å². The van der Waals surface area contributed by atoms with Crippen LogP contribution in [0.25, 0.3) is 11.1 Å². The number of ketones is 1. The van der Waals surface area contributed by atoms with E-state index in [1.165, 1.54) is 0 Å². The van der Waals surface area contributed by atoms with Crippen LogP contribution in [0.4, 0.5) is 4.79 Å². The van der Waals surface area contributed by atoms with Gasteiger partial charge < -0.3 is 19.7 Å². The van der Waals surface area contributed by atoms with Crippen molar-refractivity contribution in [2.45, 2.75) is 18.1 Å². The highest BCUT2D eigenvalue weighted by molar-refractivity contribution is 7.58. The minimum Gasteiger partial charge on any atom is -0.457 e. The van der Waals surface area contributed by atoms with E-state index in [0.717, 1.165) is 27.8 Å². The summed E-state index contributed by atoms with van der Waals surface area (Å²) in [6.07, 6.45) is -1.28. The number of hydrogen-bond acceptors (Lipinski definition) is 6. The number of alkyl carbamates (subject to hydrolysis) is 1. The number of rotatable bonds is 13. The first-order valence-corrected chi connectivity index (χ1v) is 18.0. The summed E-state index contributed by atoms with van der Waals surface area (Å²) in [7, 11) is -4.38. The second kappa shape index (κ2) is 15.3. The molecule has 0 spiro atoms. The van der Waals surface area contributed by atoms with Crippen LogP contribution in [0.1, 0.15) is 44.3 Å². The van der Waals surface area contributed by atoms with Crippen LogP contribution < -0.4 is 5.32 Å². The van der Waals surface area contributed by atoms with E-state index in [2.05, 4.69) is 5.32 Å². The number of hydrogen-bond donors (Lipinski definition) is 2. The fourth-order valence-corrected chi connectivity index (χ4v) is 8.37. The Balaban J connectivity index is 1.20. The van der Waals surface area contributed by atoms with Crippen LogP contribution in [-0.4, -0.2) is 42.1 Å². The molecule has 2 N–H and O–H groups in total. The highest BCUT2D eigenvalue weighted by atomic mass is 31.2. The van der Waals surface area contributed by atoms with Crippen LogP contribution in [0.15, 0.2) is 140 Å². The number of ether oxygens (including phenoxy) is 2. The van der Waals surface area contributed by atoms with Gasteiger partial charge in [-0.1, -0.05) is 140 Å². The normalized spacial score (nSPS) is 14.4. The molecule has 0 fully saturated rings. The molecule has 1 amide bonds. The Bertz CT molecular complexity index is 1920. The number of Topliss-reactive ketones (excluding diaryl/α,β-unsaturated/α-hetero) is 1. The molecule has 0 heterocycles. The largest absolute Gasteiger partial charge is 0.457 e. The van der Waals surface area contributed by atoms with Crippen LogP contribution in [0.3, 0.4) is 0 Å². The second-order valence-electron chi connectivity index (χ2n) is 12.0. The summed E-state index contributed by atoms with van der Waals surface area (Å²) in [6, 6.07) is 41.9. The third-order valence-electron chi connectivity index (χ3n) is 8.70. The van der Waals surface area contributed by atoms with Gasteiger partial charge in [0.15, 0.2) is 12.4 Å². The SMILES string of the molecule is O=C(NC(c1ccccc1)P(=O)(O)CC(Cc1ccccc1)C(=O)OCC(=O)c1ccccc1)OCC1c2ccccc2-c2ccccc21. The molecule has 9 heteroatoms. The van der Waals surface area contributed by atoms with E-state index < -0.39 is 49.7 Å². The lowest BCUT2D eigenvalue weighted by Crippen LogP contribution is -2.33. The Morgan fingerprint density at radius 1 is 0.694 bits per heavy atom. The van der Waals surface area contributed by atoms with Crippen molar-refractivity contribution in [1.29, 1.82) is 0 Å². The molecule has 1 aliphatic carbocycles. The summed E-state index contributed by atoms with van der Waals surface area (Å²) in [5, 5.41) is 2.64. The van der Waals surface area contributed by atoms with E-state index in [-0.39, 0.29) is 18.9 Å². The van der Waals surface area contributed by atoms with Gasteiger partial charge in [-0.25, -0.2) is 4.79 Å². The summed E-state index contributed by atoms with van der Waals surface area (Å²) >= 11 is 0. The van der Waals surface area contributed by atoms with E-state index >= 15 is 0 Å². The molecule has 0 radical (unpaired) electrons. The molecule has 248 valence electrons. The Morgan fingerprint density at radius 3 is 1.84 bits per heavy atom. The molecule has 5 aromatic rings. The fraction of sp³-hybridized carbons (Fsp3) is 0.175. The van der Waals surface area contributed by atoms with Crippen molar-refractivity contribution >= 4 is 25.2 Å². The zero-order chi connectivity index (χ0) is 34.2. The molecule has 0 aliphatic heterocycles. The number of carbonyl (C=O) groups is 3. The molecule has 0 saturated heterocycles. The zero-order valence-electron chi connectivity index (χ0n) is 26.7. The minimum absolute atomic E-state index is 0.0233. The predicted molar refractivity (Wildman–Crippen MR) is 187 cm³/mol. The molecule has 0 aromatic heterocycles. The molecular weight excluding hydrogens is 637 g/mol. The van der Waals surface area contributed by atoms with Crippen molar-refractivity contribution < 1.29 is 33.3 Å². The molecule has 49 heavy (non-hydrogen) atoms. The first kappa shape index (κ1) is 33.6. The van der Waals surface area contributed by atoms with E-state index in [1.54, 1.807) is 84.9 Å². The third kappa shape index (κ3) is 8.06. The van der Waals surface area contributed by atoms with Gasteiger partial charge in [0.2, 0.25) is 7.37 Å². The molecule has 1 aliphatic rings. The molecule has 0 saturated carbocycles. The van der Waals surface area contributed by atoms with Gasteiger partial charge in [-0.15, -0.1) is 0 Å². The monoisotopic (exact) mass is 673 g/mol. The molecule has 6 rings (SSSR count). The summed E-state index contributed by atoms with van der Waals surface area (Å²) in [6.45, 7) is -0.487. The molecular formula is C40H36NO7P. The van der Waals surface area contributed by atoms with E-state index in [9.17, 15) is 23.8 Å². The smallest absolute Gasteiger partial charge is 0.408 e. The summed E-state index contributed by atoms with van der Waals surface area (Å²) in [5.74, 6) is -3.83. The van der Waals surface area contributed by atoms with E-state index in [0.29, 0.717) is 11.1 Å². The van der Waals surface area contributed by atoms with Gasteiger partial charge in [0.1, 0.15) is 12.4 Å². The Kier molecular flexibility index (Phi) is 10.5. The zero-order valence-corrected chi connectivity index (χ0v) is 27.6. The van der Waals surface area contributed by atoms with Gasteiger partial charge in [0.25, 0.3) is 0 Å². The van der Waals surface area contributed by atoms with Gasteiger partial charge in [0.05, 0.1) is 5.92 Å². The van der Waals surface area contributed by atoms with Gasteiger partial charge in [0, 0.05) is 17.6 Å². The van der Waals surface area contributed by atoms with Gasteiger partial charge in [-0.3, -0.25) is 14.2 Å². The number of fused-ring (bicyclic) bond motifs is 3. The average molecular weight is 674 g/mol. The summed E-state index contributed by atoms with van der Waals surface area (Å²) in [4.78, 5) is 51.2. The van der Waals surface area contributed by atoms with Crippen molar-refractivity contribution in [3.05, 3.63) is 167 Å². The third-order valence-corrected chi connectivity index (χ3v) is 10.9. The Morgan fingerprint density at radius 2 is 1.22 bits per heavy atom. The molecule has 3 unspecified atom stereocenters. The lowest BCUT2D eigenvalue weighted by atomic mass is 9.98. The number of nitrogens with one attached hydrogen (secondary N) is 1. The molecule has 5 aromatic carbocycles. The minimum atomic E-state index is -4.38. The quantitative estimate of drug-likeness (QED) is 0.0745. The standard InChI is InChI=1S/C40H36NO7P/c42-37(29-16-6-2-7-17-29)26-47-39(43)31(24-28-14-4-1-5-15-28)27-49(45,46)38(30-18-8-3-9-19-30)41-40(44)48-25-36-34-22-12-10-20-32(34)33-21-11-13-23-35(33)36/h1-23,31,36,38H,24-27H2,(H,41,44)(H,45,46). The van der Waals surface area contributed by atoms with Crippen molar-refractivity contribution in [1.82, 2.24) is 5.32 Å². The maximum Gasteiger partial charge on any atom is 0.408 e. The highest BCUT2D eigenvalue weighted by Gasteiger charge is 2.39. The van der Waals surface area contributed by atoms with Crippen LogP contribution >= 0.6 is 7.37 Å². The van der Waals surface area contributed by atoms with E-state index in [4.69, 9.17) is 9.47 Å². The van der Waals surface area contributed by atoms with E-state index in [1.807, 2.05) is 54.6 Å². The number of esters is 1. The first-order valence-electron chi connectivity index (χ1n) is 16.1. The van der Waals surface area contributed by atoms with Crippen LogP contribution in [0.5, 0.6) is 0 Å². The Hall–Kier alpha value is -5.30. The molecule has 3 atom stereocenters. The molecule has 0 bridgehead atoms. The van der Waals surface area contributed by atoms with Crippen molar-refractivity contribution in [2.75, 3.05) is 19.4 Å². The van der Waals surface area contributed by atoms with Crippen LogP contribution in [-0.2, 0) is 25.3 Å². The van der Waals surface area contributed by atoms with Crippen LogP contribution in [0.2, 0.25) is 0 Å². The predicted octanol–water partition coefficient (Wildman–Crippen LogP) is 7.78. The number of carbonyl (C=O) groups excluding carboxylic acids is 3. The average Bonchev–Trinajstić information content (AvgIpc) is 3.46. The summed E-state index contributed by atoms with van der Waals surface area (Å²) < 4.78 is 25.5. The fourth-order valence-electron chi connectivity index (χ4n) is 6.31. The highest BCUT2D eigenvalue weighted by Crippen LogP contribution is 2.55. The maximum absolute atomic E-state index is 14.3. The van der Waals surface area contributed by atoms with Crippen LogP contribution in [0, 0.1) is 5.92 Å². The lowest BCUT2D eigenvalue weighted by Gasteiger charge is -2.27. The van der Waals surface area contributed by atoms with Crippen molar-refractivity contribution in [2.24, 2.45) is 5.92 Å². The topological polar surface area (TPSA) is 119 Å². The van der Waals surface area contributed by atoms with Gasteiger partial charge in [-0.2, -0.15) is 0 Å². The van der Waals surface area contributed by atoms with Gasteiger partial charge >= 0.3 is 12.1 Å². The summed E-state index contributed by atoms with van der Waals surface area (Å²) in [5.41, 5.74) is 5.76. The van der Waals surface area contributed by atoms with Gasteiger partial charge in [-0.05, 0) is 39.8 Å². The second-order valence-corrected chi connectivity index (χ2v) is 14.4. The molecule has 8 nitrogen and oxygen atoms in total. The lowest BCUT2D eigenvalue weighted by molar-refractivity contribution is -0.146.